The summed E-state index contributed by atoms with van der Waals surface area (Å²) in [5.41, 5.74) is 0. The molecule has 1 nitrogen and oxygen atoms in total. The van der Waals surface area contributed by atoms with Gasteiger partial charge in [0.2, 0.25) is 0 Å². The zero-order valence-corrected chi connectivity index (χ0v) is 9.01. The van der Waals surface area contributed by atoms with Gasteiger partial charge >= 0.3 is 0 Å². The van der Waals surface area contributed by atoms with Gasteiger partial charge in [0.25, 0.3) is 0 Å². The van der Waals surface area contributed by atoms with Crippen molar-refractivity contribution in [1.29, 1.82) is 0 Å². The Morgan fingerprint density at radius 1 is 1.25 bits per heavy atom. The topological polar surface area (TPSA) is 3.24 Å². The van der Waals surface area contributed by atoms with Crippen molar-refractivity contribution in [2.45, 2.75) is 33.6 Å². The zero-order valence-electron chi connectivity index (χ0n) is 9.01. The molecule has 72 valence electrons. The molecule has 0 aromatic carbocycles. The standard InChI is InChI=1S/C11H23N/c1-5-6-11-8-12(4)7-9(2)10(11)3/h9-11H,5-8H2,1-4H3. The van der Waals surface area contributed by atoms with Crippen LogP contribution in [0.1, 0.15) is 33.6 Å². The van der Waals surface area contributed by atoms with Crippen molar-refractivity contribution >= 4 is 0 Å². The minimum Gasteiger partial charge on any atom is -0.306 e. The quantitative estimate of drug-likeness (QED) is 0.614. The first-order valence-corrected chi connectivity index (χ1v) is 5.33. The Labute approximate surface area is 77.1 Å². The Morgan fingerprint density at radius 2 is 1.92 bits per heavy atom. The molecule has 1 heteroatoms. The van der Waals surface area contributed by atoms with Gasteiger partial charge in [-0.05, 0) is 31.2 Å². The van der Waals surface area contributed by atoms with Crippen LogP contribution in [0.15, 0.2) is 0 Å². The van der Waals surface area contributed by atoms with Crippen molar-refractivity contribution in [3.8, 4) is 0 Å². The van der Waals surface area contributed by atoms with Gasteiger partial charge in [0.05, 0.1) is 0 Å². The third kappa shape index (κ3) is 2.22. The van der Waals surface area contributed by atoms with Gasteiger partial charge in [-0.2, -0.15) is 0 Å². The third-order valence-electron chi connectivity index (χ3n) is 3.45. The Bertz CT molecular complexity index is 133. The van der Waals surface area contributed by atoms with E-state index in [2.05, 4.69) is 32.7 Å². The van der Waals surface area contributed by atoms with Crippen molar-refractivity contribution in [2.75, 3.05) is 20.1 Å². The van der Waals surface area contributed by atoms with Crippen LogP contribution in [-0.2, 0) is 0 Å². The van der Waals surface area contributed by atoms with E-state index in [0.717, 1.165) is 17.8 Å². The number of nitrogens with zero attached hydrogens (tertiary/aromatic N) is 1. The normalized spacial score (nSPS) is 38.5. The van der Waals surface area contributed by atoms with E-state index in [0.29, 0.717) is 0 Å². The van der Waals surface area contributed by atoms with E-state index in [1.807, 2.05) is 0 Å². The van der Waals surface area contributed by atoms with Crippen molar-refractivity contribution in [3.63, 3.8) is 0 Å². The highest BCUT2D eigenvalue weighted by Gasteiger charge is 2.28. The van der Waals surface area contributed by atoms with Crippen molar-refractivity contribution in [1.82, 2.24) is 4.90 Å². The van der Waals surface area contributed by atoms with Gasteiger partial charge in [-0.25, -0.2) is 0 Å². The Kier molecular flexibility index (Phi) is 3.57. The summed E-state index contributed by atoms with van der Waals surface area (Å²) in [6, 6.07) is 0. The fourth-order valence-electron chi connectivity index (χ4n) is 2.49. The van der Waals surface area contributed by atoms with Crippen LogP contribution >= 0.6 is 0 Å². The largest absolute Gasteiger partial charge is 0.306 e. The smallest absolute Gasteiger partial charge is 0.000938 e. The summed E-state index contributed by atoms with van der Waals surface area (Å²) in [5, 5.41) is 0. The predicted molar refractivity (Wildman–Crippen MR) is 54.2 cm³/mol. The second kappa shape index (κ2) is 4.27. The summed E-state index contributed by atoms with van der Waals surface area (Å²) in [4.78, 5) is 2.49. The first kappa shape index (κ1) is 10.0. The Balaban J connectivity index is 2.47. The number of piperidine rings is 1. The molecule has 0 N–H and O–H groups in total. The number of hydrogen-bond donors (Lipinski definition) is 0. The lowest BCUT2D eigenvalue weighted by Crippen LogP contribution is -2.42. The molecule has 1 rings (SSSR count). The van der Waals surface area contributed by atoms with E-state index in [9.17, 15) is 0 Å². The molecule has 1 saturated heterocycles. The Hall–Kier alpha value is -0.0400. The fraction of sp³-hybridized carbons (Fsp3) is 1.00. The van der Waals surface area contributed by atoms with Gasteiger partial charge in [-0.3, -0.25) is 0 Å². The molecule has 1 aliphatic rings. The summed E-state index contributed by atoms with van der Waals surface area (Å²) < 4.78 is 0. The van der Waals surface area contributed by atoms with E-state index >= 15 is 0 Å². The van der Waals surface area contributed by atoms with Gasteiger partial charge in [0, 0.05) is 13.1 Å². The van der Waals surface area contributed by atoms with Gasteiger partial charge in [0.15, 0.2) is 0 Å². The SMILES string of the molecule is CCCC1CN(C)CC(C)C1C. The van der Waals surface area contributed by atoms with E-state index in [1.54, 1.807) is 0 Å². The molecule has 1 heterocycles. The van der Waals surface area contributed by atoms with Crippen LogP contribution in [-0.4, -0.2) is 25.0 Å². The van der Waals surface area contributed by atoms with Crippen LogP contribution < -0.4 is 0 Å². The van der Waals surface area contributed by atoms with Crippen LogP contribution in [0.3, 0.4) is 0 Å². The second-order valence-corrected chi connectivity index (χ2v) is 4.61. The van der Waals surface area contributed by atoms with E-state index in [1.165, 1.54) is 25.9 Å². The van der Waals surface area contributed by atoms with Crippen LogP contribution in [0, 0.1) is 17.8 Å². The molecule has 0 saturated carbocycles. The van der Waals surface area contributed by atoms with Gasteiger partial charge < -0.3 is 4.90 Å². The maximum atomic E-state index is 2.49. The average molecular weight is 169 g/mol. The first-order chi connectivity index (χ1) is 5.65. The van der Waals surface area contributed by atoms with Crippen molar-refractivity contribution in [2.24, 2.45) is 17.8 Å². The molecule has 0 radical (unpaired) electrons. The molecule has 0 amide bonds. The van der Waals surface area contributed by atoms with Gasteiger partial charge in [-0.15, -0.1) is 0 Å². The molecule has 12 heavy (non-hydrogen) atoms. The highest BCUT2D eigenvalue weighted by atomic mass is 15.1. The number of rotatable bonds is 2. The van der Waals surface area contributed by atoms with Gasteiger partial charge in [-0.1, -0.05) is 27.2 Å². The van der Waals surface area contributed by atoms with Crippen LogP contribution in [0.4, 0.5) is 0 Å². The van der Waals surface area contributed by atoms with E-state index < -0.39 is 0 Å². The van der Waals surface area contributed by atoms with E-state index in [4.69, 9.17) is 0 Å². The minimum atomic E-state index is 0.889. The molecular weight excluding hydrogens is 146 g/mol. The van der Waals surface area contributed by atoms with Crippen molar-refractivity contribution in [3.05, 3.63) is 0 Å². The molecule has 3 atom stereocenters. The molecule has 0 aromatic heterocycles. The molecule has 3 unspecified atom stereocenters. The lowest BCUT2D eigenvalue weighted by Gasteiger charge is -2.39. The molecule has 0 aromatic rings. The maximum absolute atomic E-state index is 2.49. The van der Waals surface area contributed by atoms with Crippen molar-refractivity contribution < 1.29 is 0 Å². The van der Waals surface area contributed by atoms with E-state index in [-0.39, 0.29) is 0 Å². The minimum absolute atomic E-state index is 0.889. The lowest BCUT2D eigenvalue weighted by molar-refractivity contribution is 0.0933. The molecule has 1 aliphatic heterocycles. The molecule has 0 aliphatic carbocycles. The molecule has 0 spiro atoms. The van der Waals surface area contributed by atoms with Crippen LogP contribution in [0.5, 0.6) is 0 Å². The van der Waals surface area contributed by atoms with Crippen LogP contribution in [0.2, 0.25) is 0 Å². The molecule has 1 fully saturated rings. The molecule has 0 bridgehead atoms. The first-order valence-electron chi connectivity index (χ1n) is 5.33. The van der Waals surface area contributed by atoms with Crippen LogP contribution in [0.25, 0.3) is 0 Å². The summed E-state index contributed by atoms with van der Waals surface area (Å²) in [6.07, 6.45) is 2.76. The monoisotopic (exact) mass is 169 g/mol. The summed E-state index contributed by atoms with van der Waals surface area (Å²) in [7, 11) is 2.26. The highest BCUT2D eigenvalue weighted by Crippen LogP contribution is 2.30. The average Bonchev–Trinajstić information content (AvgIpc) is 2.00. The predicted octanol–water partition coefficient (Wildman–Crippen LogP) is 2.62. The maximum Gasteiger partial charge on any atom is 0.000938 e. The summed E-state index contributed by atoms with van der Waals surface area (Å²) >= 11 is 0. The van der Waals surface area contributed by atoms with Gasteiger partial charge in [0.1, 0.15) is 0 Å². The summed E-state index contributed by atoms with van der Waals surface area (Å²) in [6.45, 7) is 9.73. The fourth-order valence-corrected chi connectivity index (χ4v) is 2.49. The number of likely N-dealkylation sites (tertiary alicyclic amines) is 1. The third-order valence-corrected chi connectivity index (χ3v) is 3.45. The summed E-state index contributed by atoms with van der Waals surface area (Å²) in [5.74, 6) is 2.77. The molecular formula is C11H23N. The highest BCUT2D eigenvalue weighted by molar-refractivity contribution is 4.80. The number of hydrogen-bond acceptors (Lipinski definition) is 1. The zero-order chi connectivity index (χ0) is 9.14. The Morgan fingerprint density at radius 3 is 2.50 bits per heavy atom. The second-order valence-electron chi connectivity index (χ2n) is 4.61. The lowest BCUT2D eigenvalue weighted by atomic mass is 9.78.